The SMILES string of the molecule is CC(C)(C)c1ccc(N(Nc2ccccc2)c2ccccc2)cc1. The van der Waals surface area contributed by atoms with Crippen LogP contribution in [0.4, 0.5) is 17.1 Å². The van der Waals surface area contributed by atoms with Gasteiger partial charge < -0.3 is 0 Å². The zero-order valence-corrected chi connectivity index (χ0v) is 14.5. The summed E-state index contributed by atoms with van der Waals surface area (Å²) in [5, 5.41) is 2.11. The van der Waals surface area contributed by atoms with Crippen LogP contribution < -0.4 is 10.4 Å². The molecule has 2 heteroatoms. The van der Waals surface area contributed by atoms with Gasteiger partial charge in [-0.25, -0.2) is 0 Å². The van der Waals surface area contributed by atoms with Crippen molar-refractivity contribution in [3.8, 4) is 0 Å². The van der Waals surface area contributed by atoms with Crippen LogP contribution in [0.3, 0.4) is 0 Å². The van der Waals surface area contributed by atoms with Crippen molar-refractivity contribution < 1.29 is 0 Å². The van der Waals surface area contributed by atoms with Gasteiger partial charge in [0.2, 0.25) is 0 Å². The lowest BCUT2D eigenvalue weighted by Crippen LogP contribution is -2.24. The predicted octanol–water partition coefficient (Wildman–Crippen LogP) is 6.15. The van der Waals surface area contributed by atoms with E-state index in [2.05, 4.69) is 91.9 Å². The Morgan fingerprint density at radius 1 is 0.625 bits per heavy atom. The molecule has 0 saturated heterocycles. The second-order valence-electron chi connectivity index (χ2n) is 6.95. The standard InChI is InChI=1S/C22H24N2/c1-22(2,3)18-14-16-21(17-15-18)24(20-12-8-5-9-13-20)23-19-10-6-4-7-11-19/h4-17,23H,1-3H3. The number of nitrogens with zero attached hydrogens (tertiary/aromatic N) is 1. The fourth-order valence-corrected chi connectivity index (χ4v) is 2.61. The van der Waals surface area contributed by atoms with E-state index in [1.165, 1.54) is 5.56 Å². The summed E-state index contributed by atoms with van der Waals surface area (Å²) in [5.74, 6) is 0. The van der Waals surface area contributed by atoms with E-state index in [-0.39, 0.29) is 5.41 Å². The third kappa shape index (κ3) is 3.77. The van der Waals surface area contributed by atoms with Gasteiger partial charge in [-0.3, -0.25) is 10.4 Å². The minimum Gasteiger partial charge on any atom is -0.294 e. The molecule has 3 aromatic rings. The normalized spacial score (nSPS) is 11.1. The summed E-state index contributed by atoms with van der Waals surface area (Å²) < 4.78 is 0. The summed E-state index contributed by atoms with van der Waals surface area (Å²) in [4.78, 5) is 0. The lowest BCUT2D eigenvalue weighted by atomic mass is 9.87. The second-order valence-corrected chi connectivity index (χ2v) is 6.95. The largest absolute Gasteiger partial charge is 0.294 e. The van der Waals surface area contributed by atoms with Gasteiger partial charge in [0.1, 0.15) is 0 Å². The summed E-state index contributed by atoms with van der Waals surface area (Å²) in [6, 6.07) is 29.3. The van der Waals surface area contributed by atoms with Gasteiger partial charge >= 0.3 is 0 Å². The molecule has 0 aromatic heterocycles. The van der Waals surface area contributed by atoms with Crippen LogP contribution >= 0.6 is 0 Å². The van der Waals surface area contributed by atoms with Crippen molar-refractivity contribution in [3.63, 3.8) is 0 Å². The highest BCUT2D eigenvalue weighted by atomic mass is 15.5. The second kappa shape index (κ2) is 6.79. The Kier molecular flexibility index (Phi) is 4.57. The van der Waals surface area contributed by atoms with Crippen molar-refractivity contribution in [3.05, 3.63) is 90.5 Å². The third-order valence-corrected chi connectivity index (χ3v) is 4.02. The van der Waals surface area contributed by atoms with Gasteiger partial charge in [-0.2, -0.15) is 0 Å². The van der Waals surface area contributed by atoms with Crippen LogP contribution in [-0.2, 0) is 5.41 Å². The first-order chi connectivity index (χ1) is 11.5. The molecule has 0 amide bonds. The van der Waals surface area contributed by atoms with Gasteiger partial charge in [-0.15, -0.1) is 0 Å². The molecule has 0 spiro atoms. The molecule has 0 fully saturated rings. The first kappa shape index (κ1) is 16.1. The zero-order chi connectivity index (χ0) is 17.0. The van der Waals surface area contributed by atoms with E-state index >= 15 is 0 Å². The number of hydrogen-bond donors (Lipinski definition) is 1. The van der Waals surface area contributed by atoms with Crippen molar-refractivity contribution in [1.82, 2.24) is 0 Å². The van der Waals surface area contributed by atoms with Crippen LogP contribution in [0.2, 0.25) is 0 Å². The molecule has 0 aliphatic carbocycles. The maximum Gasteiger partial charge on any atom is 0.0630 e. The van der Waals surface area contributed by atoms with E-state index in [0.717, 1.165) is 17.1 Å². The number of benzene rings is 3. The van der Waals surface area contributed by atoms with Crippen molar-refractivity contribution in [2.24, 2.45) is 0 Å². The number of hydrazine groups is 1. The molecule has 0 heterocycles. The molecule has 0 aliphatic heterocycles. The van der Waals surface area contributed by atoms with Crippen LogP contribution in [-0.4, -0.2) is 0 Å². The minimum atomic E-state index is 0.156. The molecule has 0 saturated carbocycles. The Bertz CT molecular complexity index is 757. The maximum atomic E-state index is 3.50. The van der Waals surface area contributed by atoms with Gasteiger partial charge in [0.15, 0.2) is 0 Å². The summed E-state index contributed by atoms with van der Waals surface area (Å²) >= 11 is 0. The highest BCUT2D eigenvalue weighted by molar-refractivity contribution is 5.68. The van der Waals surface area contributed by atoms with Crippen LogP contribution in [0.25, 0.3) is 0 Å². The van der Waals surface area contributed by atoms with Crippen molar-refractivity contribution in [2.75, 3.05) is 10.4 Å². The fourth-order valence-electron chi connectivity index (χ4n) is 2.61. The summed E-state index contributed by atoms with van der Waals surface area (Å²) in [5.41, 5.74) is 8.26. The van der Waals surface area contributed by atoms with Crippen molar-refractivity contribution in [1.29, 1.82) is 0 Å². The Morgan fingerprint density at radius 3 is 1.67 bits per heavy atom. The Balaban J connectivity index is 1.95. The Labute approximate surface area is 144 Å². The monoisotopic (exact) mass is 316 g/mol. The molecule has 3 aromatic carbocycles. The Morgan fingerprint density at radius 2 is 1.12 bits per heavy atom. The Hall–Kier alpha value is -2.74. The van der Waals surface area contributed by atoms with Gasteiger partial charge in [-0.05, 0) is 47.4 Å². The highest BCUT2D eigenvalue weighted by Crippen LogP contribution is 2.29. The van der Waals surface area contributed by atoms with Crippen molar-refractivity contribution in [2.45, 2.75) is 26.2 Å². The number of para-hydroxylation sites is 2. The summed E-state index contributed by atoms with van der Waals surface area (Å²) in [6.45, 7) is 6.71. The summed E-state index contributed by atoms with van der Waals surface area (Å²) in [7, 11) is 0. The van der Waals surface area contributed by atoms with E-state index < -0.39 is 0 Å². The molecule has 122 valence electrons. The van der Waals surface area contributed by atoms with Crippen LogP contribution in [0.5, 0.6) is 0 Å². The number of hydrogen-bond acceptors (Lipinski definition) is 2. The van der Waals surface area contributed by atoms with Gasteiger partial charge in [0, 0.05) is 0 Å². The van der Waals surface area contributed by atoms with E-state index in [1.54, 1.807) is 0 Å². The van der Waals surface area contributed by atoms with E-state index in [9.17, 15) is 0 Å². The number of anilines is 3. The van der Waals surface area contributed by atoms with Gasteiger partial charge in [0.25, 0.3) is 0 Å². The lowest BCUT2D eigenvalue weighted by molar-refractivity contribution is 0.590. The van der Waals surface area contributed by atoms with E-state index in [1.807, 2.05) is 24.3 Å². The van der Waals surface area contributed by atoms with Crippen LogP contribution in [0.1, 0.15) is 26.3 Å². The fraction of sp³-hybridized carbons (Fsp3) is 0.182. The van der Waals surface area contributed by atoms with Crippen LogP contribution in [0, 0.1) is 0 Å². The number of nitrogens with one attached hydrogen (secondary N) is 1. The first-order valence-corrected chi connectivity index (χ1v) is 8.31. The average molecular weight is 316 g/mol. The molecule has 0 aliphatic rings. The van der Waals surface area contributed by atoms with Crippen molar-refractivity contribution >= 4 is 17.1 Å². The van der Waals surface area contributed by atoms with E-state index in [4.69, 9.17) is 0 Å². The number of rotatable bonds is 4. The molecule has 24 heavy (non-hydrogen) atoms. The predicted molar refractivity (Wildman–Crippen MR) is 104 cm³/mol. The molecule has 0 unspecified atom stereocenters. The molecule has 2 nitrogen and oxygen atoms in total. The smallest absolute Gasteiger partial charge is 0.0630 e. The first-order valence-electron chi connectivity index (χ1n) is 8.31. The molecule has 3 rings (SSSR count). The van der Waals surface area contributed by atoms with Gasteiger partial charge in [0.05, 0.1) is 17.1 Å². The van der Waals surface area contributed by atoms with Gasteiger partial charge in [-0.1, -0.05) is 69.3 Å². The third-order valence-electron chi connectivity index (χ3n) is 4.02. The maximum absolute atomic E-state index is 3.50. The molecule has 1 N–H and O–H groups in total. The quantitative estimate of drug-likeness (QED) is 0.581. The molecule has 0 radical (unpaired) electrons. The minimum absolute atomic E-state index is 0.156. The van der Waals surface area contributed by atoms with E-state index in [0.29, 0.717) is 0 Å². The molecule has 0 bridgehead atoms. The lowest BCUT2D eigenvalue weighted by Gasteiger charge is -2.28. The molecule has 0 atom stereocenters. The summed E-state index contributed by atoms with van der Waals surface area (Å²) in [6.07, 6.45) is 0. The topological polar surface area (TPSA) is 15.3 Å². The zero-order valence-electron chi connectivity index (χ0n) is 14.5. The van der Waals surface area contributed by atoms with Crippen LogP contribution in [0.15, 0.2) is 84.9 Å². The molecular weight excluding hydrogens is 292 g/mol. The average Bonchev–Trinajstić information content (AvgIpc) is 2.61. The molecular formula is C22H24N2. The highest BCUT2D eigenvalue weighted by Gasteiger charge is 2.15.